The van der Waals surface area contributed by atoms with E-state index in [0.29, 0.717) is 18.1 Å². The molecular weight excluding hydrogens is 360 g/mol. The Bertz CT molecular complexity index is 1150. The number of rotatable bonds is 4. The number of ether oxygens (including phenoxy) is 1. The van der Waals surface area contributed by atoms with Crippen LogP contribution in [0.2, 0.25) is 0 Å². The summed E-state index contributed by atoms with van der Waals surface area (Å²) in [5, 5.41) is 0. The van der Waals surface area contributed by atoms with Gasteiger partial charge in [0.2, 0.25) is 5.89 Å². The predicted octanol–water partition coefficient (Wildman–Crippen LogP) is 5.12. The lowest BCUT2D eigenvalue weighted by Crippen LogP contribution is -2.12. The average Bonchev–Trinajstić information content (AvgIpc) is 3.29. The van der Waals surface area contributed by atoms with Crippen LogP contribution in [0.3, 0.4) is 0 Å². The van der Waals surface area contributed by atoms with Crippen LogP contribution in [0.15, 0.2) is 40.8 Å². The van der Waals surface area contributed by atoms with E-state index in [9.17, 15) is 4.79 Å². The Balaban J connectivity index is 1.79. The molecule has 0 atom stereocenters. The number of hydrogen-bond donors (Lipinski definition) is 0. The van der Waals surface area contributed by atoms with E-state index < -0.39 is 0 Å². The molecule has 0 saturated heterocycles. The van der Waals surface area contributed by atoms with Crippen LogP contribution in [0.5, 0.6) is 0 Å². The van der Waals surface area contributed by atoms with E-state index in [1.54, 1.807) is 11.3 Å². The Labute approximate surface area is 161 Å². The average molecular weight is 380 g/mol. The molecule has 0 aliphatic heterocycles. The molecular formula is C21H20N2O3S. The summed E-state index contributed by atoms with van der Waals surface area (Å²) in [6, 6.07) is 12.0. The second-order valence-electron chi connectivity index (χ2n) is 6.55. The van der Waals surface area contributed by atoms with Crippen LogP contribution in [-0.2, 0) is 11.3 Å². The first-order valence-electron chi connectivity index (χ1n) is 8.68. The number of aryl methyl sites for hydroxylation is 3. The van der Waals surface area contributed by atoms with Gasteiger partial charge in [0.15, 0.2) is 0 Å². The number of oxazole rings is 1. The van der Waals surface area contributed by atoms with Crippen LogP contribution in [0.4, 0.5) is 0 Å². The third-order valence-corrected chi connectivity index (χ3v) is 5.67. The third-order valence-electron chi connectivity index (χ3n) is 4.68. The van der Waals surface area contributed by atoms with Gasteiger partial charge in [-0.15, -0.1) is 11.3 Å². The number of aromatic nitrogens is 2. The Morgan fingerprint density at radius 2 is 2.00 bits per heavy atom. The zero-order chi connectivity index (χ0) is 19.1. The number of carbonyl (C=O) groups excluding carboxylic acids is 1. The molecule has 0 aliphatic rings. The van der Waals surface area contributed by atoms with E-state index in [4.69, 9.17) is 14.1 Å². The number of fused-ring (bicyclic) bond motifs is 1. The second-order valence-corrected chi connectivity index (χ2v) is 7.84. The van der Waals surface area contributed by atoms with E-state index in [-0.39, 0.29) is 5.97 Å². The summed E-state index contributed by atoms with van der Waals surface area (Å²) in [6.07, 6.45) is 0. The normalized spacial score (nSPS) is 11.3. The topological polar surface area (TPSA) is 57.3 Å². The molecule has 0 N–H and O–H groups in total. The number of esters is 1. The van der Waals surface area contributed by atoms with Crippen molar-refractivity contribution in [3.8, 4) is 11.5 Å². The monoisotopic (exact) mass is 380 g/mol. The summed E-state index contributed by atoms with van der Waals surface area (Å²) in [5.41, 5.74) is 4.43. The smallest absolute Gasteiger partial charge is 0.354 e. The molecule has 1 aromatic carbocycles. The first-order valence-corrected chi connectivity index (χ1v) is 9.50. The molecule has 3 aromatic heterocycles. The molecule has 6 heteroatoms. The van der Waals surface area contributed by atoms with E-state index >= 15 is 0 Å². The lowest BCUT2D eigenvalue weighted by Gasteiger charge is -2.07. The van der Waals surface area contributed by atoms with Gasteiger partial charge in [-0.2, -0.15) is 0 Å². The Morgan fingerprint density at radius 1 is 1.22 bits per heavy atom. The summed E-state index contributed by atoms with van der Waals surface area (Å²) < 4.78 is 13.9. The van der Waals surface area contributed by atoms with E-state index in [2.05, 4.69) is 13.0 Å². The van der Waals surface area contributed by atoms with Gasteiger partial charge in [-0.1, -0.05) is 18.2 Å². The number of nitrogens with zero attached hydrogens (tertiary/aromatic N) is 2. The van der Waals surface area contributed by atoms with Gasteiger partial charge in [0.1, 0.15) is 17.1 Å². The highest BCUT2D eigenvalue weighted by Gasteiger charge is 2.21. The Kier molecular flexibility index (Phi) is 4.36. The highest BCUT2D eigenvalue weighted by Crippen LogP contribution is 2.31. The molecule has 0 amide bonds. The Hall–Kier alpha value is -2.86. The van der Waals surface area contributed by atoms with Crippen molar-refractivity contribution < 1.29 is 13.9 Å². The zero-order valence-electron chi connectivity index (χ0n) is 15.7. The minimum atomic E-state index is -0.351. The second kappa shape index (κ2) is 6.70. The van der Waals surface area contributed by atoms with Gasteiger partial charge in [0, 0.05) is 10.4 Å². The van der Waals surface area contributed by atoms with Crippen LogP contribution in [0, 0.1) is 20.8 Å². The molecule has 0 radical (unpaired) electrons. The van der Waals surface area contributed by atoms with Gasteiger partial charge < -0.3 is 13.7 Å². The van der Waals surface area contributed by atoms with Gasteiger partial charge >= 0.3 is 5.97 Å². The van der Waals surface area contributed by atoms with Crippen molar-refractivity contribution in [2.75, 3.05) is 7.11 Å². The highest BCUT2D eigenvalue weighted by atomic mass is 32.1. The number of hydrogen-bond acceptors (Lipinski definition) is 5. The molecule has 0 fully saturated rings. The lowest BCUT2D eigenvalue weighted by molar-refractivity contribution is 0.0589. The summed E-state index contributed by atoms with van der Waals surface area (Å²) in [5.74, 6) is 0.999. The van der Waals surface area contributed by atoms with Gasteiger partial charge in [-0.3, -0.25) is 0 Å². The van der Waals surface area contributed by atoms with Gasteiger partial charge in [-0.05, 0) is 44.5 Å². The fourth-order valence-corrected chi connectivity index (χ4v) is 4.22. The van der Waals surface area contributed by atoms with Crippen LogP contribution in [0.1, 0.15) is 32.4 Å². The molecule has 0 aliphatic carbocycles. The van der Waals surface area contributed by atoms with E-state index in [1.165, 1.54) is 12.0 Å². The van der Waals surface area contributed by atoms with Crippen LogP contribution in [0.25, 0.3) is 21.7 Å². The number of thiophene rings is 1. The van der Waals surface area contributed by atoms with Crippen LogP contribution < -0.4 is 0 Å². The van der Waals surface area contributed by atoms with Crippen molar-refractivity contribution in [2.24, 2.45) is 0 Å². The number of carbonyl (C=O) groups is 1. The predicted molar refractivity (Wildman–Crippen MR) is 106 cm³/mol. The first-order chi connectivity index (χ1) is 13.0. The maximum absolute atomic E-state index is 12.3. The standard InChI is InChI=1S/C21H20N2O3S/c1-12-7-5-6-8-15(12)20-22-16(14(3)26-20)11-23-17-9-13(2)27-19(17)10-18(23)21(24)25-4/h5-10H,11H2,1-4H3. The third kappa shape index (κ3) is 3.06. The molecule has 0 spiro atoms. The van der Waals surface area contributed by atoms with Crippen molar-refractivity contribution in [2.45, 2.75) is 27.3 Å². The first kappa shape index (κ1) is 17.5. The summed E-state index contributed by atoms with van der Waals surface area (Å²) in [4.78, 5) is 18.2. The molecule has 138 valence electrons. The van der Waals surface area contributed by atoms with E-state index in [0.717, 1.165) is 32.8 Å². The summed E-state index contributed by atoms with van der Waals surface area (Å²) in [7, 11) is 1.40. The maximum Gasteiger partial charge on any atom is 0.354 e. The quantitative estimate of drug-likeness (QED) is 0.461. The zero-order valence-corrected chi connectivity index (χ0v) is 16.5. The lowest BCUT2D eigenvalue weighted by atomic mass is 10.1. The van der Waals surface area contributed by atoms with Crippen LogP contribution in [-0.4, -0.2) is 22.6 Å². The van der Waals surface area contributed by atoms with Gasteiger partial charge in [0.25, 0.3) is 0 Å². The minimum Gasteiger partial charge on any atom is -0.464 e. The molecule has 5 nitrogen and oxygen atoms in total. The molecule has 27 heavy (non-hydrogen) atoms. The summed E-state index contributed by atoms with van der Waals surface area (Å²) in [6.45, 7) is 6.45. The van der Waals surface area contributed by atoms with Crippen molar-refractivity contribution in [1.82, 2.24) is 9.55 Å². The molecule has 0 bridgehead atoms. The van der Waals surface area contributed by atoms with Crippen molar-refractivity contribution in [3.63, 3.8) is 0 Å². The molecule has 4 aromatic rings. The van der Waals surface area contributed by atoms with Crippen molar-refractivity contribution in [1.29, 1.82) is 0 Å². The number of methoxy groups -OCH3 is 1. The van der Waals surface area contributed by atoms with Gasteiger partial charge in [0.05, 0.1) is 23.9 Å². The molecule has 3 heterocycles. The van der Waals surface area contributed by atoms with E-state index in [1.807, 2.05) is 48.7 Å². The summed E-state index contributed by atoms with van der Waals surface area (Å²) >= 11 is 1.66. The maximum atomic E-state index is 12.3. The molecule has 0 saturated carbocycles. The fourth-order valence-electron chi connectivity index (χ4n) is 3.26. The van der Waals surface area contributed by atoms with Gasteiger partial charge in [-0.25, -0.2) is 9.78 Å². The highest BCUT2D eigenvalue weighted by molar-refractivity contribution is 7.19. The molecule has 0 unspecified atom stereocenters. The minimum absolute atomic E-state index is 0.351. The van der Waals surface area contributed by atoms with Crippen LogP contribution >= 0.6 is 11.3 Å². The molecule has 4 rings (SSSR count). The van der Waals surface area contributed by atoms with Crippen molar-refractivity contribution >= 4 is 27.5 Å². The fraction of sp³-hybridized carbons (Fsp3) is 0.238. The number of benzene rings is 1. The SMILES string of the molecule is COC(=O)c1cc2sc(C)cc2n1Cc1nc(-c2ccccc2C)oc1C. The largest absolute Gasteiger partial charge is 0.464 e. The van der Waals surface area contributed by atoms with Crippen molar-refractivity contribution in [3.05, 3.63) is 64.0 Å². The Morgan fingerprint density at radius 3 is 2.74 bits per heavy atom.